The smallest absolute Gasteiger partial charge is 0.123 e. The van der Waals surface area contributed by atoms with Crippen molar-refractivity contribution in [3.8, 4) is 0 Å². The second-order valence-corrected chi connectivity index (χ2v) is 5.36. The minimum absolute atomic E-state index is 0.0460. The highest BCUT2D eigenvalue weighted by atomic mass is 19.1. The summed E-state index contributed by atoms with van der Waals surface area (Å²) >= 11 is 0. The molecule has 0 atom stereocenters. The number of aliphatic hydroxyl groups is 1. The van der Waals surface area contributed by atoms with E-state index >= 15 is 0 Å². The maximum Gasteiger partial charge on any atom is 0.123 e. The van der Waals surface area contributed by atoms with E-state index in [2.05, 4.69) is 11.8 Å². The lowest BCUT2D eigenvalue weighted by Crippen LogP contribution is -2.38. The average Bonchev–Trinajstić information content (AvgIpc) is 2.86. The third-order valence-electron chi connectivity index (χ3n) is 4.10. The molecule has 1 fully saturated rings. The lowest BCUT2D eigenvalue weighted by atomic mass is 9.86. The Labute approximate surface area is 108 Å². The molecular weight excluding hydrogens is 229 g/mol. The van der Waals surface area contributed by atoms with Gasteiger partial charge in [-0.25, -0.2) is 4.39 Å². The Kier molecular flexibility index (Phi) is 4.23. The minimum atomic E-state index is -0.201. The molecule has 1 saturated carbocycles. The molecule has 100 valence electrons. The molecule has 1 aliphatic rings. The van der Waals surface area contributed by atoms with Crippen LogP contribution in [0.25, 0.3) is 0 Å². The van der Waals surface area contributed by atoms with Gasteiger partial charge < -0.3 is 10.0 Å². The van der Waals surface area contributed by atoms with E-state index in [4.69, 9.17) is 0 Å². The highest BCUT2D eigenvalue weighted by molar-refractivity contribution is 5.46. The zero-order valence-corrected chi connectivity index (χ0v) is 11.0. The quantitative estimate of drug-likeness (QED) is 0.868. The van der Waals surface area contributed by atoms with Crippen molar-refractivity contribution in [3.63, 3.8) is 0 Å². The van der Waals surface area contributed by atoms with Gasteiger partial charge in [0.05, 0.1) is 6.61 Å². The summed E-state index contributed by atoms with van der Waals surface area (Å²) in [6, 6.07) is 6.63. The van der Waals surface area contributed by atoms with Gasteiger partial charge in [-0.05, 0) is 44.0 Å². The third kappa shape index (κ3) is 2.83. The Morgan fingerprint density at radius 2 is 1.83 bits per heavy atom. The first kappa shape index (κ1) is 13.3. The monoisotopic (exact) mass is 251 g/mol. The van der Waals surface area contributed by atoms with Crippen LogP contribution in [-0.4, -0.2) is 24.8 Å². The largest absolute Gasteiger partial charge is 0.396 e. The first-order chi connectivity index (χ1) is 8.69. The fourth-order valence-electron chi connectivity index (χ4n) is 2.93. The summed E-state index contributed by atoms with van der Waals surface area (Å²) in [6.45, 7) is 4.10. The van der Waals surface area contributed by atoms with Crippen molar-refractivity contribution in [1.29, 1.82) is 0 Å². The van der Waals surface area contributed by atoms with E-state index in [1.165, 1.54) is 25.0 Å². The van der Waals surface area contributed by atoms with Crippen LogP contribution < -0.4 is 4.90 Å². The van der Waals surface area contributed by atoms with Crippen LogP contribution in [-0.2, 0) is 0 Å². The van der Waals surface area contributed by atoms with Gasteiger partial charge in [0, 0.05) is 24.2 Å². The van der Waals surface area contributed by atoms with Gasteiger partial charge in [-0.15, -0.1) is 0 Å². The van der Waals surface area contributed by atoms with Crippen LogP contribution in [0.5, 0.6) is 0 Å². The predicted molar refractivity (Wildman–Crippen MR) is 72.3 cm³/mol. The van der Waals surface area contributed by atoms with Gasteiger partial charge >= 0.3 is 0 Å². The van der Waals surface area contributed by atoms with Crippen LogP contribution in [0.2, 0.25) is 0 Å². The molecule has 1 N–H and O–H groups in total. The van der Waals surface area contributed by atoms with Gasteiger partial charge in [-0.1, -0.05) is 12.8 Å². The van der Waals surface area contributed by atoms with E-state index in [1.54, 1.807) is 0 Å². The maximum atomic E-state index is 12.9. The summed E-state index contributed by atoms with van der Waals surface area (Å²) in [5, 5.41) is 9.67. The highest BCUT2D eigenvalue weighted by Gasteiger charge is 2.34. The molecule has 0 heterocycles. The minimum Gasteiger partial charge on any atom is -0.396 e. The Morgan fingerprint density at radius 3 is 2.33 bits per heavy atom. The lowest BCUT2D eigenvalue weighted by Gasteiger charge is -2.34. The molecule has 1 aromatic rings. The van der Waals surface area contributed by atoms with Gasteiger partial charge in [-0.2, -0.15) is 0 Å². The number of nitrogens with zero attached hydrogens (tertiary/aromatic N) is 1. The normalized spacial score (nSPS) is 17.9. The molecule has 0 radical (unpaired) electrons. The molecule has 0 bridgehead atoms. The van der Waals surface area contributed by atoms with Crippen molar-refractivity contribution < 1.29 is 9.50 Å². The second-order valence-electron chi connectivity index (χ2n) is 5.36. The Bertz CT molecular complexity index is 371. The lowest BCUT2D eigenvalue weighted by molar-refractivity contribution is 0.136. The molecule has 2 nitrogen and oxygen atoms in total. The van der Waals surface area contributed by atoms with Crippen LogP contribution in [0.15, 0.2) is 24.3 Å². The summed E-state index contributed by atoms with van der Waals surface area (Å²) < 4.78 is 12.9. The number of rotatable bonds is 5. The van der Waals surface area contributed by atoms with Crippen LogP contribution in [0, 0.1) is 11.2 Å². The Hall–Kier alpha value is -1.09. The molecule has 0 amide bonds. The molecule has 0 aromatic heterocycles. The Balaban J connectivity index is 2.11. The van der Waals surface area contributed by atoms with Crippen LogP contribution in [0.1, 0.15) is 32.6 Å². The number of aliphatic hydroxyl groups excluding tert-OH is 1. The Morgan fingerprint density at radius 1 is 1.22 bits per heavy atom. The topological polar surface area (TPSA) is 23.5 Å². The molecule has 18 heavy (non-hydrogen) atoms. The van der Waals surface area contributed by atoms with Crippen LogP contribution in [0.3, 0.4) is 0 Å². The average molecular weight is 251 g/mol. The second kappa shape index (κ2) is 5.70. The van der Waals surface area contributed by atoms with Crippen molar-refractivity contribution in [2.24, 2.45) is 5.41 Å². The van der Waals surface area contributed by atoms with Crippen molar-refractivity contribution in [2.75, 3.05) is 24.6 Å². The van der Waals surface area contributed by atoms with E-state index in [0.717, 1.165) is 31.6 Å². The first-order valence-electron chi connectivity index (χ1n) is 6.80. The van der Waals surface area contributed by atoms with E-state index < -0.39 is 0 Å². The molecule has 0 saturated heterocycles. The number of anilines is 1. The maximum absolute atomic E-state index is 12.9. The fraction of sp³-hybridized carbons (Fsp3) is 0.600. The summed E-state index contributed by atoms with van der Waals surface area (Å²) in [5.41, 5.74) is 1.09. The van der Waals surface area contributed by atoms with Gasteiger partial charge in [0.2, 0.25) is 0 Å². The first-order valence-corrected chi connectivity index (χ1v) is 6.80. The van der Waals surface area contributed by atoms with E-state index in [-0.39, 0.29) is 17.8 Å². The number of hydrogen-bond donors (Lipinski definition) is 1. The summed E-state index contributed by atoms with van der Waals surface area (Å²) in [7, 11) is 0. The molecule has 3 heteroatoms. The van der Waals surface area contributed by atoms with Gasteiger partial charge in [0.15, 0.2) is 0 Å². The molecule has 1 aromatic carbocycles. The summed E-state index contributed by atoms with van der Waals surface area (Å²) in [5.74, 6) is -0.201. The number of hydrogen-bond acceptors (Lipinski definition) is 2. The van der Waals surface area contributed by atoms with E-state index in [0.29, 0.717) is 0 Å². The summed E-state index contributed by atoms with van der Waals surface area (Å²) in [6.07, 6.45) is 4.62. The van der Waals surface area contributed by atoms with Gasteiger partial charge in [-0.3, -0.25) is 0 Å². The molecule has 2 rings (SSSR count). The fourth-order valence-corrected chi connectivity index (χ4v) is 2.93. The van der Waals surface area contributed by atoms with Gasteiger partial charge in [0.25, 0.3) is 0 Å². The van der Waals surface area contributed by atoms with Crippen LogP contribution >= 0.6 is 0 Å². The predicted octanol–water partition coefficient (Wildman–Crippen LogP) is 3.20. The van der Waals surface area contributed by atoms with Crippen molar-refractivity contribution in [2.45, 2.75) is 32.6 Å². The van der Waals surface area contributed by atoms with Crippen molar-refractivity contribution >= 4 is 5.69 Å². The SMILES string of the molecule is CCN(CC1(CO)CCCC1)c1ccc(F)cc1. The summed E-state index contributed by atoms with van der Waals surface area (Å²) in [4.78, 5) is 2.24. The van der Waals surface area contributed by atoms with Crippen LogP contribution in [0.4, 0.5) is 10.1 Å². The molecular formula is C15H22FNO. The van der Waals surface area contributed by atoms with E-state index in [1.807, 2.05) is 12.1 Å². The molecule has 0 aliphatic heterocycles. The number of benzene rings is 1. The number of halogens is 1. The standard InChI is InChI=1S/C15H22FNO/c1-2-17(14-7-5-13(16)6-8-14)11-15(12-18)9-3-4-10-15/h5-8,18H,2-4,9-12H2,1H3. The van der Waals surface area contributed by atoms with E-state index in [9.17, 15) is 9.50 Å². The molecule has 0 spiro atoms. The van der Waals surface area contributed by atoms with Crippen molar-refractivity contribution in [3.05, 3.63) is 30.1 Å². The zero-order valence-electron chi connectivity index (χ0n) is 11.0. The zero-order chi connectivity index (χ0) is 13.0. The molecule has 1 aliphatic carbocycles. The molecule has 0 unspecified atom stereocenters. The highest BCUT2D eigenvalue weighted by Crippen LogP contribution is 2.39. The van der Waals surface area contributed by atoms with Crippen molar-refractivity contribution in [1.82, 2.24) is 0 Å². The van der Waals surface area contributed by atoms with Gasteiger partial charge in [0.1, 0.15) is 5.82 Å². The third-order valence-corrected chi connectivity index (χ3v) is 4.10.